The van der Waals surface area contributed by atoms with E-state index >= 15 is 0 Å². The minimum atomic E-state index is 0.660. The molecule has 4 nitrogen and oxygen atoms in total. The molecule has 0 aromatic carbocycles. The van der Waals surface area contributed by atoms with Crippen molar-refractivity contribution in [1.29, 1.82) is 0 Å². The lowest BCUT2D eigenvalue weighted by Crippen LogP contribution is -2.23. The van der Waals surface area contributed by atoms with Gasteiger partial charge in [-0.2, -0.15) is 4.98 Å². The quantitative estimate of drug-likeness (QED) is 0.713. The van der Waals surface area contributed by atoms with Gasteiger partial charge in [0.25, 0.3) is 0 Å². The molecule has 0 saturated heterocycles. The first-order valence-corrected chi connectivity index (χ1v) is 5.14. The van der Waals surface area contributed by atoms with E-state index in [-0.39, 0.29) is 0 Å². The van der Waals surface area contributed by atoms with Gasteiger partial charge in [-0.05, 0) is 26.1 Å². The molecule has 0 fully saturated rings. The summed E-state index contributed by atoms with van der Waals surface area (Å²) < 4.78 is 5.08. The molecule has 0 saturated carbocycles. The van der Waals surface area contributed by atoms with E-state index in [1.165, 1.54) is 0 Å². The second kappa shape index (κ2) is 6.24. The van der Waals surface area contributed by atoms with Crippen LogP contribution in [0.15, 0.2) is 18.2 Å². The van der Waals surface area contributed by atoms with Gasteiger partial charge in [0.15, 0.2) is 0 Å². The Morgan fingerprint density at radius 2 is 2.27 bits per heavy atom. The molecule has 1 N–H and O–H groups in total. The van der Waals surface area contributed by atoms with E-state index < -0.39 is 0 Å². The Hall–Kier alpha value is -1.29. The van der Waals surface area contributed by atoms with Crippen LogP contribution in [-0.4, -0.2) is 39.3 Å². The van der Waals surface area contributed by atoms with E-state index in [2.05, 4.69) is 15.2 Å². The first kappa shape index (κ1) is 11.8. The minimum Gasteiger partial charge on any atom is -0.481 e. The van der Waals surface area contributed by atoms with Crippen LogP contribution < -0.4 is 15.0 Å². The maximum Gasteiger partial charge on any atom is 0.214 e. The molecule has 0 amide bonds. The number of nitrogens with zero attached hydrogens (tertiary/aromatic N) is 2. The van der Waals surface area contributed by atoms with Gasteiger partial charge in [0.05, 0.1) is 7.11 Å². The molecule has 0 bridgehead atoms. The third-order valence-electron chi connectivity index (χ3n) is 2.23. The molecule has 0 aliphatic heterocycles. The van der Waals surface area contributed by atoms with Gasteiger partial charge in [-0.1, -0.05) is 6.07 Å². The number of anilines is 1. The molecule has 0 unspecified atom stereocenters. The molecular weight excluding hydrogens is 190 g/mol. The molecule has 0 atom stereocenters. The summed E-state index contributed by atoms with van der Waals surface area (Å²) in [5, 5.41) is 3.13. The van der Waals surface area contributed by atoms with Gasteiger partial charge in [-0.3, -0.25) is 0 Å². The Labute approximate surface area is 91.3 Å². The fourth-order valence-electron chi connectivity index (χ4n) is 1.34. The third kappa shape index (κ3) is 3.75. The largest absolute Gasteiger partial charge is 0.481 e. The molecule has 1 aromatic rings. The molecule has 1 aromatic heterocycles. The van der Waals surface area contributed by atoms with Crippen molar-refractivity contribution in [1.82, 2.24) is 10.3 Å². The zero-order valence-corrected chi connectivity index (χ0v) is 9.66. The van der Waals surface area contributed by atoms with E-state index in [0.717, 1.165) is 25.3 Å². The average Bonchev–Trinajstić information content (AvgIpc) is 2.29. The lowest BCUT2D eigenvalue weighted by Gasteiger charge is -2.18. The highest BCUT2D eigenvalue weighted by Crippen LogP contribution is 2.13. The molecule has 0 aliphatic rings. The predicted octanol–water partition coefficient (Wildman–Crippen LogP) is 1.14. The van der Waals surface area contributed by atoms with Crippen LogP contribution in [-0.2, 0) is 0 Å². The van der Waals surface area contributed by atoms with Gasteiger partial charge in [0.1, 0.15) is 5.82 Å². The zero-order chi connectivity index (χ0) is 11.1. The van der Waals surface area contributed by atoms with Crippen molar-refractivity contribution in [2.45, 2.75) is 6.42 Å². The van der Waals surface area contributed by atoms with E-state index in [1.807, 2.05) is 32.3 Å². The first-order valence-electron chi connectivity index (χ1n) is 5.14. The zero-order valence-electron chi connectivity index (χ0n) is 9.66. The molecule has 0 spiro atoms. The van der Waals surface area contributed by atoms with Crippen molar-refractivity contribution in [3.8, 4) is 5.88 Å². The summed E-state index contributed by atoms with van der Waals surface area (Å²) in [4.78, 5) is 6.48. The summed E-state index contributed by atoms with van der Waals surface area (Å²) in [7, 11) is 5.63. The number of aromatic nitrogens is 1. The fraction of sp³-hybridized carbons (Fsp3) is 0.545. The van der Waals surface area contributed by atoms with Crippen molar-refractivity contribution < 1.29 is 4.74 Å². The average molecular weight is 209 g/mol. The van der Waals surface area contributed by atoms with Crippen LogP contribution in [0.25, 0.3) is 0 Å². The lowest BCUT2D eigenvalue weighted by molar-refractivity contribution is 0.398. The highest BCUT2D eigenvalue weighted by Gasteiger charge is 2.02. The monoisotopic (exact) mass is 209 g/mol. The highest BCUT2D eigenvalue weighted by atomic mass is 16.5. The van der Waals surface area contributed by atoms with Crippen LogP contribution in [0, 0.1) is 0 Å². The van der Waals surface area contributed by atoms with Gasteiger partial charge < -0.3 is 15.0 Å². The molecular formula is C11H19N3O. The van der Waals surface area contributed by atoms with Gasteiger partial charge in [0, 0.05) is 19.7 Å². The second-order valence-electron chi connectivity index (χ2n) is 3.42. The van der Waals surface area contributed by atoms with E-state index in [4.69, 9.17) is 4.74 Å². The summed E-state index contributed by atoms with van der Waals surface area (Å²) >= 11 is 0. The number of nitrogens with one attached hydrogen (secondary N) is 1. The van der Waals surface area contributed by atoms with E-state index in [9.17, 15) is 0 Å². The Balaban J connectivity index is 2.52. The Bertz CT molecular complexity index is 291. The summed E-state index contributed by atoms with van der Waals surface area (Å²) in [5.41, 5.74) is 0. The minimum absolute atomic E-state index is 0.660. The maximum atomic E-state index is 5.08. The summed E-state index contributed by atoms with van der Waals surface area (Å²) in [6.45, 7) is 2.01. The summed E-state index contributed by atoms with van der Waals surface area (Å²) in [6.07, 6.45) is 1.10. The second-order valence-corrected chi connectivity index (χ2v) is 3.42. The van der Waals surface area contributed by atoms with Crippen LogP contribution in [0.5, 0.6) is 5.88 Å². The molecule has 0 aliphatic carbocycles. The molecule has 4 heteroatoms. The fourth-order valence-corrected chi connectivity index (χ4v) is 1.34. The molecule has 15 heavy (non-hydrogen) atoms. The highest BCUT2D eigenvalue weighted by molar-refractivity contribution is 5.39. The van der Waals surface area contributed by atoms with Crippen molar-refractivity contribution in [3.63, 3.8) is 0 Å². The molecule has 0 radical (unpaired) electrons. The van der Waals surface area contributed by atoms with Crippen molar-refractivity contribution in [2.24, 2.45) is 0 Å². The van der Waals surface area contributed by atoms with Gasteiger partial charge in [-0.15, -0.1) is 0 Å². The number of rotatable bonds is 6. The van der Waals surface area contributed by atoms with Gasteiger partial charge >= 0.3 is 0 Å². The van der Waals surface area contributed by atoms with Crippen LogP contribution in [0.3, 0.4) is 0 Å². The van der Waals surface area contributed by atoms with Gasteiger partial charge in [0.2, 0.25) is 5.88 Å². The van der Waals surface area contributed by atoms with Crippen molar-refractivity contribution in [2.75, 3.05) is 39.2 Å². The molecule has 1 heterocycles. The Morgan fingerprint density at radius 1 is 1.47 bits per heavy atom. The topological polar surface area (TPSA) is 37.4 Å². The molecule has 84 valence electrons. The predicted molar refractivity (Wildman–Crippen MR) is 62.6 cm³/mol. The van der Waals surface area contributed by atoms with Crippen molar-refractivity contribution in [3.05, 3.63) is 18.2 Å². The summed E-state index contributed by atoms with van der Waals surface area (Å²) in [5.74, 6) is 1.61. The Kier molecular flexibility index (Phi) is 4.90. The maximum absolute atomic E-state index is 5.08. The summed E-state index contributed by atoms with van der Waals surface area (Å²) in [6, 6.07) is 5.79. The smallest absolute Gasteiger partial charge is 0.214 e. The lowest BCUT2D eigenvalue weighted by atomic mass is 10.3. The SMILES string of the molecule is CNCCCN(C)c1cccc(OC)n1. The Morgan fingerprint density at radius 3 is 2.93 bits per heavy atom. The first-order chi connectivity index (χ1) is 7.27. The normalized spacial score (nSPS) is 10.1. The number of pyridine rings is 1. The van der Waals surface area contributed by atoms with Crippen LogP contribution in [0.2, 0.25) is 0 Å². The molecule has 1 rings (SSSR count). The van der Waals surface area contributed by atoms with Crippen LogP contribution in [0.1, 0.15) is 6.42 Å². The number of methoxy groups -OCH3 is 1. The van der Waals surface area contributed by atoms with Crippen molar-refractivity contribution >= 4 is 5.82 Å². The van der Waals surface area contributed by atoms with Crippen LogP contribution >= 0.6 is 0 Å². The number of ether oxygens (including phenoxy) is 1. The van der Waals surface area contributed by atoms with E-state index in [0.29, 0.717) is 5.88 Å². The van der Waals surface area contributed by atoms with E-state index in [1.54, 1.807) is 7.11 Å². The third-order valence-corrected chi connectivity index (χ3v) is 2.23. The van der Waals surface area contributed by atoms with Crippen LogP contribution in [0.4, 0.5) is 5.82 Å². The number of hydrogen-bond donors (Lipinski definition) is 1. The van der Waals surface area contributed by atoms with Gasteiger partial charge in [-0.25, -0.2) is 0 Å². The standard InChI is InChI=1S/C11H19N3O/c1-12-8-5-9-14(2)10-6-4-7-11(13-10)15-3/h4,6-7,12H,5,8-9H2,1-3H3. The number of hydrogen-bond acceptors (Lipinski definition) is 4.